The van der Waals surface area contributed by atoms with E-state index in [1.165, 1.54) is 7.11 Å². The Labute approximate surface area is 116 Å². The van der Waals surface area contributed by atoms with E-state index in [0.29, 0.717) is 12.2 Å². The molecule has 1 aromatic heterocycles. The molecule has 1 amide bonds. The Morgan fingerprint density at radius 3 is 2.95 bits per heavy atom. The molecule has 0 unspecified atom stereocenters. The second-order valence-corrected chi connectivity index (χ2v) is 4.97. The molecule has 0 radical (unpaired) electrons. The maximum Gasteiger partial charge on any atom is 0.313 e. The van der Waals surface area contributed by atoms with Crippen molar-refractivity contribution in [2.45, 2.75) is 38.1 Å². The molecule has 8 nitrogen and oxygen atoms in total. The summed E-state index contributed by atoms with van der Waals surface area (Å²) in [6.07, 6.45) is 3.40. The molecule has 1 aliphatic rings. The van der Waals surface area contributed by atoms with Crippen LogP contribution in [0.15, 0.2) is 0 Å². The molecule has 8 heteroatoms. The van der Waals surface area contributed by atoms with Gasteiger partial charge in [-0.3, -0.25) is 20.0 Å². The minimum atomic E-state index is -0.420. The first-order valence-electron chi connectivity index (χ1n) is 6.62. The molecule has 0 saturated heterocycles. The number of hydrogen-bond donors (Lipinski definition) is 3. The second-order valence-electron chi connectivity index (χ2n) is 4.97. The number of rotatable bonds is 5. The van der Waals surface area contributed by atoms with Crippen molar-refractivity contribution < 1.29 is 14.3 Å². The SMILES string of the molecule is COC(=O)Cc1nc(NC(=O)C[C@@H]2CCC[C@H]2N)n[nH]1. The number of ether oxygens (including phenoxy) is 1. The van der Waals surface area contributed by atoms with Crippen LogP contribution >= 0.6 is 0 Å². The van der Waals surface area contributed by atoms with Gasteiger partial charge in [-0.15, -0.1) is 5.10 Å². The lowest BCUT2D eigenvalue weighted by molar-refractivity contribution is -0.139. The lowest BCUT2D eigenvalue weighted by Crippen LogP contribution is -2.28. The van der Waals surface area contributed by atoms with Crippen molar-refractivity contribution in [2.75, 3.05) is 12.4 Å². The molecule has 20 heavy (non-hydrogen) atoms. The number of nitrogens with one attached hydrogen (secondary N) is 2. The van der Waals surface area contributed by atoms with E-state index in [-0.39, 0.29) is 30.2 Å². The van der Waals surface area contributed by atoms with Crippen LogP contribution in [0.1, 0.15) is 31.5 Å². The minimum Gasteiger partial charge on any atom is -0.469 e. The lowest BCUT2D eigenvalue weighted by atomic mass is 10.00. The quantitative estimate of drug-likeness (QED) is 0.651. The van der Waals surface area contributed by atoms with Crippen molar-refractivity contribution in [2.24, 2.45) is 11.7 Å². The molecule has 1 aliphatic carbocycles. The first-order valence-corrected chi connectivity index (χ1v) is 6.62. The molecule has 0 aromatic carbocycles. The highest BCUT2D eigenvalue weighted by Crippen LogP contribution is 2.26. The molecule has 1 saturated carbocycles. The summed E-state index contributed by atoms with van der Waals surface area (Å²) in [5, 5.41) is 9.01. The molecular formula is C12H19N5O3. The third-order valence-corrected chi connectivity index (χ3v) is 3.49. The molecule has 2 atom stereocenters. The van der Waals surface area contributed by atoms with Gasteiger partial charge >= 0.3 is 5.97 Å². The number of aromatic nitrogens is 3. The zero-order chi connectivity index (χ0) is 14.5. The van der Waals surface area contributed by atoms with Gasteiger partial charge in [0.2, 0.25) is 11.9 Å². The summed E-state index contributed by atoms with van der Waals surface area (Å²) < 4.78 is 4.52. The zero-order valence-corrected chi connectivity index (χ0v) is 11.4. The van der Waals surface area contributed by atoms with Gasteiger partial charge in [0.1, 0.15) is 12.2 Å². The number of nitrogens with zero attached hydrogens (tertiary/aromatic N) is 2. The fourth-order valence-corrected chi connectivity index (χ4v) is 2.37. The monoisotopic (exact) mass is 281 g/mol. The largest absolute Gasteiger partial charge is 0.469 e. The molecule has 0 bridgehead atoms. The Morgan fingerprint density at radius 1 is 1.50 bits per heavy atom. The molecule has 0 aliphatic heterocycles. The summed E-state index contributed by atoms with van der Waals surface area (Å²) in [6.45, 7) is 0. The molecule has 2 rings (SSSR count). The summed E-state index contributed by atoms with van der Waals surface area (Å²) in [5.74, 6) is 0.167. The zero-order valence-electron chi connectivity index (χ0n) is 11.4. The van der Waals surface area contributed by atoms with E-state index < -0.39 is 5.97 Å². The van der Waals surface area contributed by atoms with Crippen LogP contribution in [-0.4, -0.2) is 40.2 Å². The summed E-state index contributed by atoms with van der Waals surface area (Å²) in [5.41, 5.74) is 5.93. The molecule has 4 N–H and O–H groups in total. The van der Waals surface area contributed by atoms with E-state index in [9.17, 15) is 9.59 Å². The minimum absolute atomic E-state index is 0.00707. The number of esters is 1. The summed E-state index contributed by atoms with van der Waals surface area (Å²) in [4.78, 5) is 26.9. The summed E-state index contributed by atoms with van der Waals surface area (Å²) >= 11 is 0. The van der Waals surface area contributed by atoms with Gasteiger partial charge in [0.25, 0.3) is 0 Å². The Morgan fingerprint density at radius 2 is 2.30 bits per heavy atom. The molecular weight excluding hydrogens is 262 g/mol. The van der Waals surface area contributed by atoms with Crippen molar-refractivity contribution in [3.05, 3.63) is 5.82 Å². The van der Waals surface area contributed by atoms with E-state index in [2.05, 4.69) is 25.2 Å². The highest BCUT2D eigenvalue weighted by molar-refractivity contribution is 5.89. The third kappa shape index (κ3) is 3.77. The predicted octanol–water partition coefficient (Wildman–Crippen LogP) is -0.0238. The van der Waals surface area contributed by atoms with Crippen molar-refractivity contribution in [3.8, 4) is 0 Å². The van der Waals surface area contributed by atoms with Gasteiger partial charge in [-0.2, -0.15) is 4.98 Å². The van der Waals surface area contributed by atoms with Gasteiger partial charge in [0.15, 0.2) is 0 Å². The Hall–Kier alpha value is -1.96. The molecule has 1 aromatic rings. The van der Waals surface area contributed by atoms with Gasteiger partial charge in [0, 0.05) is 12.5 Å². The lowest BCUT2D eigenvalue weighted by Gasteiger charge is -2.13. The average molecular weight is 281 g/mol. The summed E-state index contributed by atoms with van der Waals surface area (Å²) in [7, 11) is 1.30. The number of amides is 1. The number of carbonyl (C=O) groups is 2. The number of carbonyl (C=O) groups excluding carboxylic acids is 2. The first kappa shape index (κ1) is 14.4. The fourth-order valence-electron chi connectivity index (χ4n) is 2.37. The molecule has 0 spiro atoms. The van der Waals surface area contributed by atoms with Crippen LogP contribution in [0.25, 0.3) is 0 Å². The number of H-pyrrole nitrogens is 1. The van der Waals surface area contributed by atoms with Crippen LogP contribution in [0, 0.1) is 5.92 Å². The van der Waals surface area contributed by atoms with Crippen LogP contribution in [0.3, 0.4) is 0 Å². The van der Waals surface area contributed by atoms with Crippen LogP contribution in [0.2, 0.25) is 0 Å². The topological polar surface area (TPSA) is 123 Å². The molecule has 1 heterocycles. The van der Waals surface area contributed by atoms with Gasteiger partial charge in [-0.05, 0) is 18.8 Å². The van der Waals surface area contributed by atoms with E-state index in [0.717, 1.165) is 19.3 Å². The van der Waals surface area contributed by atoms with Gasteiger partial charge < -0.3 is 10.5 Å². The third-order valence-electron chi connectivity index (χ3n) is 3.49. The van der Waals surface area contributed by atoms with Crippen LogP contribution in [-0.2, 0) is 20.7 Å². The Kier molecular flexibility index (Phi) is 4.67. The van der Waals surface area contributed by atoms with Gasteiger partial charge in [-0.1, -0.05) is 6.42 Å². The number of hydrogen-bond acceptors (Lipinski definition) is 6. The number of anilines is 1. The number of methoxy groups -OCH3 is 1. The van der Waals surface area contributed by atoms with Crippen molar-refractivity contribution in [3.63, 3.8) is 0 Å². The highest BCUT2D eigenvalue weighted by Gasteiger charge is 2.26. The standard InChI is InChI=1S/C12H19N5O3/c1-20-11(19)6-9-14-12(17-16-9)15-10(18)5-7-3-2-4-8(7)13/h7-8H,2-6,13H2,1H3,(H2,14,15,16,17,18)/t7-,8+/m0/s1. The second kappa shape index (κ2) is 6.47. The highest BCUT2D eigenvalue weighted by atomic mass is 16.5. The van der Waals surface area contributed by atoms with Crippen LogP contribution < -0.4 is 11.1 Å². The molecule has 110 valence electrons. The summed E-state index contributed by atoms with van der Waals surface area (Å²) in [6, 6.07) is 0.0998. The van der Waals surface area contributed by atoms with Crippen LogP contribution in [0.5, 0.6) is 0 Å². The molecule has 1 fully saturated rings. The van der Waals surface area contributed by atoms with E-state index in [4.69, 9.17) is 5.73 Å². The first-order chi connectivity index (χ1) is 9.58. The van der Waals surface area contributed by atoms with Crippen LogP contribution in [0.4, 0.5) is 5.95 Å². The van der Waals surface area contributed by atoms with E-state index >= 15 is 0 Å². The van der Waals surface area contributed by atoms with Crippen molar-refractivity contribution in [1.82, 2.24) is 15.2 Å². The van der Waals surface area contributed by atoms with Crippen molar-refractivity contribution >= 4 is 17.8 Å². The average Bonchev–Trinajstić information content (AvgIpc) is 3.00. The predicted molar refractivity (Wildman–Crippen MR) is 70.7 cm³/mol. The van der Waals surface area contributed by atoms with E-state index in [1.807, 2.05) is 0 Å². The smallest absolute Gasteiger partial charge is 0.313 e. The maximum absolute atomic E-state index is 11.8. The maximum atomic E-state index is 11.8. The van der Waals surface area contributed by atoms with Gasteiger partial charge in [0.05, 0.1) is 7.11 Å². The normalized spacial score (nSPS) is 21.7. The van der Waals surface area contributed by atoms with Crippen molar-refractivity contribution in [1.29, 1.82) is 0 Å². The Balaban J connectivity index is 1.83. The number of nitrogens with two attached hydrogens (primary N) is 1. The Bertz CT molecular complexity index is 487. The van der Waals surface area contributed by atoms with Gasteiger partial charge in [-0.25, -0.2) is 0 Å². The number of aromatic amines is 1. The van der Waals surface area contributed by atoms with E-state index in [1.54, 1.807) is 0 Å². The fraction of sp³-hybridized carbons (Fsp3) is 0.667.